The average Bonchev–Trinajstić information content (AvgIpc) is 2.10. The molecule has 4 N–H and O–H groups in total. The lowest BCUT2D eigenvalue weighted by molar-refractivity contribution is -0.0216. The van der Waals surface area contributed by atoms with E-state index in [2.05, 4.69) is 0 Å². The Bertz CT molecular complexity index is 127. The zero-order valence-electron chi connectivity index (χ0n) is 7.69. The summed E-state index contributed by atoms with van der Waals surface area (Å²) < 4.78 is 10.4. The average molecular weight is 174 g/mol. The summed E-state index contributed by atoms with van der Waals surface area (Å²) in [4.78, 5) is 0. The molecule has 0 heterocycles. The molecule has 0 aromatic carbocycles. The van der Waals surface area contributed by atoms with Crippen LogP contribution in [0, 0.1) is 0 Å². The second-order valence-electron chi connectivity index (χ2n) is 3.28. The molecule has 1 fully saturated rings. The summed E-state index contributed by atoms with van der Waals surface area (Å²) in [6.45, 7) is 0. The quantitative estimate of drug-likeness (QED) is 0.590. The highest BCUT2D eigenvalue weighted by Gasteiger charge is 2.35. The molecule has 0 bridgehead atoms. The monoisotopic (exact) mass is 174 g/mol. The highest BCUT2D eigenvalue weighted by Crippen LogP contribution is 2.20. The van der Waals surface area contributed by atoms with Crippen LogP contribution < -0.4 is 11.5 Å². The van der Waals surface area contributed by atoms with Crippen molar-refractivity contribution in [3.05, 3.63) is 0 Å². The Morgan fingerprint density at radius 1 is 0.917 bits per heavy atom. The minimum atomic E-state index is -0.103. The molecule has 72 valence electrons. The molecule has 4 nitrogen and oxygen atoms in total. The molecule has 1 aliphatic carbocycles. The van der Waals surface area contributed by atoms with Crippen LogP contribution in [0.25, 0.3) is 0 Å². The molecule has 4 unspecified atom stereocenters. The Balaban J connectivity index is 2.52. The number of ether oxygens (including phenoxy) is 2. The molecule has 0 spiro atoms. The Morgan fingerprint density at radius 2 is 1.25 bits per heavy atom. The predicted octanol–water partition coefficient (Wildman–Crippen LogP) is -0.535. The molecule has 12 heavy (non-hydrogen) atoms. The molecule has 0 amide bonds. The molecular weight excluding hydrogens is 156 g/mol. The first-order chi connectivity index (χ1) is 5.70. The van der Waals surface area contributed by atoms with Gasteiger partial charge in [-0.3, -0.25) is 0 Å². The van der Waals surface area contributed by atoms with Gasteiger partial charge in [-0.2, -0.15) is 0 Å². The minimum absolute atomic E-state index is 0.0893. The second-order valence-corrected chi connectivity index (χ2v) is 3.28. The zero-order chi connectivity index (χ0) is 9.14. The van der Waals surface area contributed by atoms with Gasteiger partial charge < -0.3 is 20.9 Å². The van der Waals surface area contributed by atoms with Crippen LogP contribution in [0.1, 0.15) is 12.8 Å². The Morgan fingerprint density at radius 3 is 1.50 bits per heavy atom. The van der Waals surface area contributed by atoms with Gasteiger partial charge in [0.25, 0.3) is 0 Å². The van der Waals surface area contributed by atoms with Crippen molar-refractivity contribution < 1.29 is 9.47 Å². The van der Waals surface area contributed by atoms with E-state index in [9.17, 15) is 0 Å². The molecule has 1 aliphatic rings. The fourth-order valence-corrected chi connectivity index (χ4v) is 1.76. The van der Waals surface area contributed by atoms with Crippen molar-refractivity contribution in [1.82, 2.24) is 0 Å². The Hall–Kier alpha value is -0.160. The van der Waals surface area contributed by atoms with E-state index in [4.69, 9.17) is 20.9 Å². The summed E-state index contributed by atoms with van der Waals surface area (Å²) >= 11 is 0. The summed E-state index contributed by atoms with van der Waals surface area (Å²) in [6.07, 6.45) is 2.05. The molecule has 0 aromatic heterocycles. The fourth-order valence-electron chi connectivity index (χ4n) is 1.76. The molecule has 0 saturated heterocycles. The van der Waals surface area contributed by atoms with Crippen molar-refractivity contribution in [2.45, 2.75) is 37.1 Å². The van der Waals surface area contributed by atoms with Crippen molar-refractivity contribution in [3.8, 4) is 0 Å². The highest BCUT2D eigenvalue weighted by atomic mass is 16.5. The van der Waals surface area contributed by atoms with Crippen molar-refractivity contribution in [2.75, 3.05) is 14.2 Å². The van der Waals surface area contributed by atoms with E-state index in [1.165, 1.54) is 0 Å². The Kier molecular flexibility index (Phi) is 3.46. The number of hydrogen-bond donors (Lipinski definition) is 2. The number of hydrogen-bond acceptors (Lipinski definition) is 4. The van der Waals surface area contributed by atoms with Crippen LogP contribution in [0.2, 0.25) is 0 Å². The van der Waals surface area contributed by atoms with Crippen LogP contribution in [0.3, 0.4) is 0 Å². The fraction of sp³-hybridized carbons (Fsp3) is 1.00. The van der Waals surface area contributed by atoms with Crippen LogP contribution >= 0.6 is 0 Å². The van der Waals surface area contributed by atoms with E-state index in [0.717, 1.165) is 12.8 Å². The molecular formula is C8H18N2O2. The second kappa shape index (κ2) is 4.18. The first kappa shape index (κ1) is 9.92. The highest BCUT2D eigenvalue weighted by molar-refractivity contribution is 4.94. The van der Waals surface area contributed by atoms with Crippen LogP contribution in [-0.4, -0.2) is 38.5 Å². The SMILES string of the molecule is COC1CCC(OC)C(N)C1N. The van der Waals surface area contributed by atoms with Gasteiger partial charge in [-0.1, -0.05) is 0 Å². The van der Waals surface area contributed by atoms with Crippen LogP contribution in [0.4, 0.5) is 0 Å². The molecule has 4 heteroatoms. The Labute approximate surface area is 73.2 Å². The van der Waals surface area contributed by atoms with Gasteiger partial charge in [-0.15, -0.1) is 0 Å². The largest absolute Gasteiger partial charge is 0.380 e. The standard InChI is InChI=1S/C8H18N2O2/c1-11-5-3-4-6(12-2)8(10)7(5)9/h5-8H,3-4,9-10H2,1-2H3. The third kappa shape index (κ3) is 1.77. The summed E-state index contributed by atoms with van der Waals surface area (Å²) in [5.41, 5.74) is 11.7. The van der Waals surface area contributed by atoms with E-state index < -0.39 is 0 Å². The van der Waals surface area contributed by atoms with Gasteiger partial charge in [0, 0.05) is 26.3 Å². The van der Waals surface area contributed by atoms with Crippen LogP contribution in [-0.2, 0) is 9.47 Å². The first-order valence-electron chi connectivity index (χ1n) is 4.27. The van der Waals surface area contributed by atoms with E-state index in [0.29, 0.717) is 0 Å². The van der Waals surface area contributed by atoms with E-state index in [1.807, 2.05) is 0 Å². The lowest BCUT2D eigenvalue weighted by Crippen LogP contribution is -2.59. The molecule has 0 aromatic rings. The van der Waals surface area contributed by atoms with Gasteiger partial charge >= 0.3 is 0 Å². The maximum absolute atomic E-state index is 5.87. The van der Waals surface area contributed by atoms with E-state index in [1.54, 1.807) is 14.2 Å². The van der Waals surface area contributed by atoms with Crippen LogP contribution in [0.15, 0.2) is 0 Å². The summed E-state index contributed by atoms with van der Waals surface area (Å²) in [5.74, 6) is 0. The number of nitrogens with two attached hydrogens (primary N) is 2. The van der Waals surface area contributed by atoms with Gasteiger partial charge in [0.15, 0.2) is 0 Å². The van der Waals surface area contributed by atoms with Crippen molar-refractivity contribution >= 4 is 0 Å². The van der Waals surface area contributed by atoms with Gasteiger partial charge in [0.1, 0.15) is 0 Å². The molecule has 4 atom stereocenters. The molecule has 1 saturated carbocycles. The van der Waals surface area contributed by atoms with Crippen LogP contribution in [0.5, 0.6) is 0 Å². The van der Waals surface area contributed by atoms with Crippen molar-refractivity contribution in [3.63, 3.8) is 0 Å². The molecule has 1 rings (SSSR count). The van der Waals surface area contributed by atoms with Crippen molar-refractivity contribution in [2.24, 2.45) is 11.5 Å². The van der Waals surface area contributed by atoms with Gasteiger partial charge in [-0.25, -0.2) is 0 Å². The predicted molar refractivity (Wildman–Crippen MR) is 46.8 cm³/mol. The summed E-state index contributed by atoms with van der Waals surface area (Å²) in [7, 11) is 3.34. The minimum Gasteiger partial charge on any atom is -0.380 e. The summed E-state index contributed by atoms with van der Waals surface area (Å²) in [5, 5.41) is 0. The normalized spacial score (nSPS) is 43.0. The summed E-state index contributed by atoms with van der Waals surface area (Å²) in [6, 6.07) is -0.206. The zero-order valence-corrected chi connectivity index (χ0v) is 7.69. The van der Waals surface area contributed by atoms with Gasteiger partial charge in [0.2, 0.25) is 0 Å². The van der Waals surface area contributed by atoms with E-state index >= 15 is 0 Å². The maximum atomic E-state index is 5.87. The smallest absolute Gasteiger partial charge is 0.0739 e. The maximum Gasteiger partial charge on any atom is 0.0739 e. The molecule has 0 aliphatic heterocycles. The lowest BCUT2D eigenvalue weighted by Gasteiger charge is -2.37. The van der Waals surface area contributed by atoms with Gasteiger partial charge in [0.05, 0.1) is 12.2 Å². The lowest BCUT2D eigenvalue weighted by atomic mass is 9.86. The third-order valence-corrected chi connectivity index (χ3v) is 2.64. The van der Waals surface area contributed by atoms with Crippen molar-refractivity contribution in [1.29, 1.82) is 0 Å². The first-order valence-corrected chi connectivity index (χ1v) is 4.27. The topological polar surface area (TPSA) is 70.5 Å². The van der Waals surface area contributed by atoms with Gasteiger partial charge in [-0.05, 0) is 12.8 Å². The third-order valence-electron chi connectivity index (χ3n) is 2.64. The molecule has 0 radical (unpaired) electrons. The number of methoxy groups -OCH3 is 2. The number of rotatable bonds is 2. The van der Waals surface area contributed by atoms with E-state index in [-0.39, 0.29) is 24.3 Å².